The topological polar surface area (TPSA) is 118 Å². The first-order valence-electron chi connectivity index (χ1n) is 10.3. The van der Waals surface area contributed by atoms with Gasteiger partial charge in [-0.2, -0.15) is 5.26 Å². The van der Waals surface area contributed by atoms with Crippen molar-refractivity contribution in [3.8, 4) is 11.8 Å². The first-order valence-corrected chi connectivity index (χ1v) is 10.3. The first kappa shape index (κ1) is 21.9. The number of nitrogens with zero attached hydrogens (tertiary/aromatic N) is 1. The highest BCUT2D eigenvalue weighted by Gasteiger charge is 2.21. The van der Waals surface area contributed by atoms with E-state index in [0.29, 0.717) is 19.3 Å². The number of fused-ring (bicyclic) bond motifs is 1. The zero-order chi connectivity index (χ0) is 22.1. The van der Waals surface area contributed by atoms with Gasteiger partial charge in [-0.15, -0.1) is 0 Å². The molecule has 31 heavy (non-hydrogen) atoms. The van der Waals surface area contributed by atoms with Crippen molar-refractivity contribution >= 4 is 22.7 Å². The fraction of sp³-hybridized carbons (Fsp3) is 0.292. The second-order valence-corrected chi connectivity index (χ2v) is 7.40. The third kappa shape index (κ3) is 6.34. The normalized spacial score (nSPS) is 11.6. The van der Waals surface area contributed by atoms with Gasteiger partial charge >= 0.3 is 0 Å². The maximum absolute atomic E-state index is 12.5. The van der Waals surface area contributed by atoms with Gasteiger partial charge in [0.15, 0.2) is 0 Å². The molecule has 1 heterocycles. The molecule has 1 unspecified atom stereocenters. The third-order valence-corrected chi connectivity index (χ3v) is 5.09. The van der Waals surface area contributed by atoms with Gasteiger partial charge in [0.1, 0.15) is 11.8 Å². The minimum Gasteiger partial charge on any atom is -0.508 e. The van der Waals surface area contributed by atoms with Crippen LogP contribution in [0.3, 0.4) is 0 Å². The maximum atomic E-state index is 12.5. The lowest BCUT2D eigenvalue weighted by molar-refractivity contribution is -0.129. The molecule has 0 aliphatic heterocycles. The number of rotatable bonds is 10. The van der Waals surface area contributed by atoms with Gasteiger partial charge in [-0.25, -0.2) is 0 Å². The first-order chi connectivity index (χ1) is 15.1. The summed E-state index contributed by atoms with van der Waals surface area (Å²) in [4.78, 5) is 28.3. The Morgan fingerprint density at radius 2 is 1.90 bits per heavy atom. The minimum atomic E-state index is -0.746. The monoisotopic (exact) mass is 418 g/mol. The fourth-order valence-electron chi connectivity index (χ4n) is 3.49. The Bertz CT molecular complexity index is 1070. The van der Waals surface area contributed by atoms with Gasteiger partial charge in [0.2, 0.25) is 11.8 Å². The predicted molar refractivity (Wildman–Crippen MR) is 118 cm³/mol. The van der Waals surface area contributed by atoms with E-state index in [9.17, 15) is 14.7 Å². The van der Waals surface area contributed by atoms with Crippen LogP contribution in [0.5, 0.6) is 5.75 Å². The highest BCUT2D eigenvalue weighted by molar-refractivity contribution is 5.88. The molecular formula is C24H26N4O3. The van der Waals surface area contributed by atoms with E-state index in [-0.39, 0.29) is 30.5 Å². The van der Waals surface area contributed by atoms with Gasteiger partial charge in [-0.1, -0.05) is 30.3 Å². The third-order valence-electron chi connectivity index (χ3n) is 5.09. The van der Waals surface area contributed by atoms with E-state index in [0.717, 1.165) is 22.9 Å². The average molecular weight is 418 g/mol. The molecule has 0 bridgehead atoms. The molecule has 160 valence electrons. The number of aryl methyl sites for hydroxylation is 1. The van der Waals surface area contributed by atoms with Crippen LogP contribution in [0.1, 0.15) is 30.4 Å². The molecule has 1 atom stereocenters. The second kappa shape index (κ2) is 10.8. The number of hydrogen-bond acceptors (Lipinski definition) is 4. The van der Waals surface area contributed by atoms with Crippen molar-refractivity contribution in [2.24, 2.45) is 0 Å². The van der Waals surface area contributed by atoms with E-state index in [1.54, 1.807) is 24.3 Å². The van der Waals surface area contributed by atoms with E-state index >= 15 is 0 Å². The Morgan fingerprint density at radius 3 is 2.68 bits per heavy atom. The van der Waals surface area contributed by atoms with Gasteiger partial charge in [-0.3, -0.25) is 9.59 Å². The van der Waals surface area contributed by atoms with Crippen LogP contribution in [0.25, 0.3) is 10.9 Å². The lowest BCUT2D eigenvalue weighted by Gasteiger charge is -2.18. The smallest absolute Gasteiger partial charge is 0.242 e. The molecule has 0 aliphatic carbocycles. The number of benzene rings is 2. The van der Waals surface area contributed by atoms with Crippen LogP contribution in [0.2, 0.25) is 0 Å². The molecule has 0 saturated carbocycles. The molecule has 4 N–H and O–H groups in total. The number of amides is 2. The number of H-pyrrole nitrogens is 1. The molecule has 2 aromatic carbocycles. The number of carbonyl (C=O) groups is 2. The molecular weight excluding hydrogens is 392 g/mol. The average Bonchev–Trinajstić information content (AvgIpc) is 3.18. The van der Waals surface area contributed by atoms with Crippen molar-refractivity contribution in [2.75, 3.05) is 6.54 Å². The summed E-state index contributed by atoms with van der Waals surface area (Å²) in [5.74, 6) is -0.382. The molecule has 2 amide bonds. The summed E-state index contributed by atoms with van der Waals surface area (Å²) < 4.78 is 0. The van der Waals surface area contributed by atoms with Gasteiger partial charge in [0.05, 0.1) is 12.5 Å². The number of phenols is 1. The minimum absolute atomic E-state index is 0.139. The molecule has 7 nitrogen and oxygen atoms in total. The van der Waals surface area contributed by atoms with Crippen LogP contribution in [-0.4, -0.2) is 34.5 Å². The summed E-state index contributed by atoms with van der Waals surface area (Å²) in [5, 5.41) is 24.8. The summed E-state index contributed by atoms with van der Waals surface area (Å²) in [7, 11) is 0. The highest BCUT2D eigenvalue weighted by atomic mass is 16.3. The van der Waals surface area contributed by atoms with Gasteiger partial charge in [-0.05, 0) is 42.2 Å². The largest absolute Gasteiger partial charge is 0.508 e. The van der Waals surface area contributed by atoms with Crippen LogP contribution in [0, 0.1) is 11.3 Å². The number of phenolic OH excluding ortho intramolecular Hbond substituents is 1. The molecule has 0 aliphatic rings. The quantitative estimate of drug-likeness (QED) is 0.379. The molecule has 0 radical (unpaired) electrons. The summed E-state index contributed by atoms with van der Waals surface area (Å²) >= 11 is 0. The Morgan fingerprint density at radius 1 is 1.13 bits per heavy atom. The molecule has 0 saturated heterocycles. The molecule has 3 aromatic rings. The SMILES string of the molecule is N#CCCNC(=O)C(Cc1ccc(O)cc1)NC(=O)CCCc1c[nH]c2ccccc12. The van der Waals surface area contributed by atoms with E-state index < -0.39 is 6.04 Å². The lowest BCUT2D eigenvalue weighted by atomic mass is 10.0. The summed E-state index contributed by atoms with van der Waals surface area (Å²) in [6.07, 6.45) is 4.20. The Balaban J connectivity index is 1.56. The van der Waals surface area contributed by atoms with Gasteiger partial charge in [0, 0.05) is 36.5 Å². The van der Waals surface area contributed by atoms with Crippen molar-refractivity contribution in [3.05, 3.63) is 65.9 Å². The van der Waals surface area contributed by atoms with Crippen LogP contribution in [0.15, 0.2) is 54.7 Å². The Hall–Kier alpha value is -3.79. The van der Waals surface area contributed by atoms with Crippen molar-refractivity contribution in [2.45, 2.75) is 38.1 Å². The second-order valence-electron chi connectivity index (χ2n) is 7.40. The Kier molecular flexibility index (Phi) is 7.66. The number of hydrogen-bond donors (Lipinski definition) is 4. The van der Waals surface area contributed by atoms with E-state index in [4.69, 9.17) is 5.26 Å². The number of aromatic hydroxyl groups is 1. The zero-order valence-electron chi connectivity index (χ0n) is 17.2. The highest BCUT2D eigenvalue weighted by Crippen LogP contribution is 2.19. The number of aromatic nitrogens is 1. The van der Waals surface area contributed by atoms with E-state index in [1.165, 1.54) is 5.56 Å². The molecule has 3 rings (SSSR count). The zero-order valence-corrected chi connectivity index (χ0v) is 17.2. The van der Waals surface area contributed by atoms with Crippen LogP contribution in [0.4, 0.5) is 0 Å². The van der Waals surface area contributed by atoms with Gasteiger partial charge < -0.3 is 20.7 Å². The summed E-state index contributed by atoms with van der Waals surface area (Å²) in [6.45, 7) is 0.234. The van der Waals surface area contributed by atoms with Crippen molar-refractivity contribution in [3.63, 3.8) is 0 Å². The van der Waals surface area contributed by atoms with Crippen molar-refractivity contribution in [1.82, 2.24) is 15.6 Å². The van der Waals surface area contributed by atoms with E-state index in [2.05, 4.69) is 21.7 Å². The van der Waals surface area contributed by atoms with Crippen LogP contribution in [-0.2, 0) is 22.4 Å². The Labute approximate surface area is 181 Å². The molecule has 1 aromatic heterocycles. The number of nitrogens with one attached hydrogen (secondary N) is 3. The van der Waals surface area contributed by atoms with Crippen LogP contribution < -0.4 is 10.6 Å². The van der Waals surface area contributed by atoms with Crippen molar-refractivity contribution in [1.29, 1.82) is 5.26 Å². The summed E-state index contributed by atoms with van der Waals surface area (Å²) in [5.41, 5.74) is 3.06. The predicted octanol–water partition coefficient (Wildman–Crippen LogP) is 2.95. The number of aromatic amines is 1. The molecule has 0 fully saturated rings. The number of carbonyl (C=O) groups excluding carboxylic acids is 2. The molecule has 7 heteroatoms. The van der Waals surface area contributed by atoms with E-state index in [1.807, 2.05) is 30.5 Å². The fourth-order valence-corrected chi connectivity index (χ4v) is 3.49. The lowest BCUT2D eigenvalue weighted by Crippen LogP contribution is -2.48. The van der Waals surface area contributed by atoms with Crippen molar-refractivity contribution < 1.29 is 14.7 Å². The summed E-state index contributed by atoms with van der Waals surface area (Å²) in [6, 6.07) is 15.8. The van der Waals surface area contributed by atoms with Gasteiger partial charge in [0.25, 0.3) is 0 Å². The van der Waals surface area contributed by atoms with Crippen LogP contribution >= 0.6 is 0 Å². The number of para-hydroxylation sites is 1. The number of nitriles is 1. The molecule has 0 spiro atoms. The standard InChI is InChI=1S/C24H26N4O3/c25-13-4-14-26-24(31)22(15-17-9-11-19(29)12-10-17)28-23(30)8-3-5-18-16-27-21-7-2-1-6-20(18)21/h1-2,6-7,9-12,16,22,27,29H,3-5,8,14-15H2,(H,26,31)(H,28,30). The maximum Gasteiger partial charge on any atom is 0.242 e.